The topological polar surface area (TPSA) is 64.8 Å². The van der Waals surface area contributed by atoms with Crippen molar-refractivity contribution < 1.29 is 14.3 Å². The molecule has 2 aliphatic rings. The molecule has 1 saturated heterocycles. The molecule has 0 saturated carbocycles. The molecule has 1 amide bonds. The van der Waals surface area contributed by atoms with E-state index >= 15 is 0 Å². The normalized spacial score (nSPS) is 23.1. The predicted molar refractivity (Wildman–Crippen MR) is 83.8 cm³/mol. The Balaban J connectivity index is 1.67. The second-order valence-corrected chi connectivity index (χ2v) is 7.15. The number of hydrogen-bond acceptors (Lipinski definition) is 4. The second kappa shape index (κ2) is 5.16. The number of fused-ring (bicyclic) bond motifs is 1. The Bertz CT molecular complexity index is 572. The van der Waals surface area contributed by atoms with Crippen molar-refractivity contribution in [1.29, 1.82) is 0 Å². The van der Waals surface area contributed by atoms with Crippen LogP contribution in [0.2, 0.25) is 0 Å². The van der Waals surface area contributed by atoms with Crippen LogP contribution >= 0.6 is 0 Å². The van der Waals surface area contributed by atoms with Crippen molar-refractivity contribution in [2.45, 2.75) is 50.9 Å². The third kappa shape index (κ3) is 2.65. The first-order valence-electron chi connectivity index (χ1n) is 7.82. The van der Waals surface area contributed by atoms with Gasteiger partial charge >= 0.3 is 6.09 Å². The van der Waals surface area contributed by atoms with Gasteiger partial charge in [-0.25, -0.2) is 4.79 Å². The number of likely N-dealkylation sites (tertiary alicyclic amines) is 1. The summed E-state index contributed by atoms with van der Waals surface area (Å²) in [5.41, 5.74) is 6.63. The molecular formula is C17H24N2O3. The summed E-state index contributed by atoms with van der Waals surface area (Å²) in [7, 11) is 0. The van der Waals surface area contributed by atoms with Crippen LogP contribution in [-0.4, -0.2) is 35.3 Å². The number of carbonyl (C=O) groups excluding carboxylic acids is 1. The lowest BCUT2D eigenvalue weighted by Crippen LogP contribution is -2.53. The van der Waals surface area contributed by atoms with Gasteiger partial charge in [0.15, 0.2) is 0 Å². The van der Waals surface area contributed by atoms with E-state index in [-0.39, 0.29) is 17.7 Å². The van der Waals surface area contributed by atoms with Gasteiger partial charge in [0.05, 0.1) is 6.04 Å². The van der Waals surface area contributed by atoms with Gasteiger partial charge in [0.1, 0.15) is 17.0 Å². The van der Waals surface area contributed by atoms with Crippen LogP contribution in [0, 0.1) is 0 Å². The van der Waals surface area contributed by atoms with Gasteiger partial charge in [-0.3, -0.25) is 0 Å². The molecule has 0 unspecified atom stereocenters. The largest absolute Gasteiger partial charge is 0.485 e. The lowest BCUT2D eigenvalue weighted by atomic mass is 9.83. The van der Waals surface area contributed by atoms with Gasteiger partial charge in [0.25, 0.3) is 0 Å². The van der Waals surface area contributed by atoms with Crippen molar-refractivity contribution in [3.05, 3.63) is 29.8 Å². The van der Waals surface area contributed by atoms with Crippen molar-refractivity contribution in [3.63, 3.8) is 0 Å². The van der Waals surface area contributed by atoms with Crippen molar-refractivity contribution >= 4 is 6.09 Å². The summed E-state index contributed by atoms with van der Waals surface area (Å²) in [6, 6.07) is 7.79. The van der Waals surface area contributed by atoms with Gasteiger partial charge in [0.2, 0.25) is 0 Å². The molecule has 1 aromatic carbocycles. The van der Waals surface area contributed by atoms with Crippen LogP contribution in [0.1, 0.15) is 45.2 Å². The number of nitrogens with two attached hydrogens (primary N) is 1. The summed E-state index contributed by atoms with van der Waals surface area (Å²) in [5.74, 6) is 0.876. The quantitative estimate of drug-likeness (QED) is 0.800. The van der Waals surface area contributed by atoms with Crippen LogP contribution in [0.4, 0.5) is 4.79 Å². The molecule has 1 aromatic rings. The number of nitrogens with zero attached hydrogens (tertiary/aromatic N) is 1. The molecule has 3 rings (SSSR count). The molecule has 1 fully saturated rings. The minimum absolute atomic E-state index is 0.135. The lowest BCUT2D eigenvalue weighted by Gasteiger charge is -2.41. The molecule has 5 heteroatoms. The number of ether oxygens (including phenoxy) is 2. The molecule has 1 spiro atoms. The van der Waals surface area contributed by atoms with Crippen molar-refractivity contribution in [2.75, 3.05) is 13.1 Å². The maximum Gasteiger partial charge on any atom is 0.410 e. The fourth-order valence-corrected chi connectivity index (χ4v) is 3.20. The molecule has 2 aliphatic heterocycles. The van der Waals surface area contributed by atoms with Crippen LogP contribution < -0.4 is 10.5 Å². The predicted octanol–water partition coefficient (Wildman–Crippen LogP) is 2.85. The van der Waals surface area contributed by atoms with E-state index in [0.29, 0.717) is 13.1 Å². The standard InChI is InChI=1S/C17H24N2O3/c1-16(2,3)22-15(20)19-10-8-17(9-11-19)14(18)12-6-4-5-7-13(12)21-17/h4-7,14H,8-11,18H2,1-3H3/t14-/m1/s1. The number of hydrogen-bond donors (Lipinski definition) is 1. The highest BCUT2D eigenvalue weighted by atomic mass is 16.6. The highest BCUT2D eigenvalue weighted by Gasteiger charge is 2.49. The van der Waals surface area contributed by atoms with Crippen molar-refractivity contribution in [1.82, 2.24) is 4.90 Å². The third-order valence-electron chi connectivity index (χ3n) is 4.40. The Morgan fingerprint density at radius 2 is 1.95 bits per heavy atom. The first-order valence-corrected chi connectivity index (χ1v) is 7.82. The highest BCUT2D eigenvalue weighted by molar-refractivity contribution is 5.68. The molecule has 0 aromatic heterocycles. The first kappa shape index (κ1) is 15.2. The summed E-state index contributed by atoms with van der Waals surface area (Å²) < 4.78 is 11.6. The monoisotopic (exact) mass is 304 g/mol. The maximum atomic E-state index is 12.1. The number of carbonyl (C=O) groups is 1. The summed E-state index contributed by atoms with van der Waals surface area (Å²) in [6.45, 7) is 6.85. The van der Waals surface area contributed by atoms with Crippen LogP contribution in [-0.2, 0) is 4.74 Å². The SMILES string of the molecule is CC(C)(C)OC(=O)N1CCC2(CC1)Oc1ccccc1[C@H]2N. The summed E-state index contributed by atoms with van der Waals surface area (Å²) in [6.07, 6.45) is 1.19. The molecule has 5 nitrogen and oxygen atoms in total. The molecule has 2 N–H and O–H groups in total. The van der Waals surface area contributed by atoms with E-state index in [0.717, 1.165) is 24.2 Å². The number of rotatable bonds is 0. The number of para-hydroxylation sites is 1. The van der Waals surface area contributed by atoms with Gasteiger partial charge in [-0.1, -0.05) is 18.2 Å². The van der Waals surface area contributed by atoms with Gasteiger partial charge in [-0.05, 0) is 26.8 Å². The van der Waals surface area contributed by atoms with Crippen molar-refractivity contribution in [2.24, 2.45) is 5.73 Å². The fourth-order valence-electron chi connectivity index (χ4n) is 3.20. The Morgan fingerprint density at radius 1 is 1.32 bits per heavy atom. The molecule has 0 bridgehead atoms. The third-order valence-corrected chi connectivity index (χ3v) is 4.40. The zero-order chi connectivity index (χ0) is 16.0. The summed E-state index contributed by atoms with van der Waals surface area (Å²) >= 11 is 0. The maximum absolute atomic E-state index is 12.1. The minimum atomic E-state index is -0.470. The van der Waals surface area contributed by atoms with Gasteiger partial charge in [-0.2, -0.15) is 0 Å². The molecule has 22 heavy (non-hydrogen) atoms. The zero-order valence-electron chi connectivity index (χ0n) is 13.5. The van der Waals surface area contributed by atoms with Gasteiger partial charge < -0.3 is 20.1 Å². The number of piperidine rings is 1. The molecule has 2 heterocycles. The Morgan fingerprint density at radius 3 is 2.55 bits per heavy atom. The van der Waals surface area contributed by atoms with E-state index in [2.05, 4.69) is 0 Å². The molecule has 1 atom stereocenters. The van der Waals surface area contributed by atoms with Crippen LogP contribution in [0.25, 0.3) is 0 Å². The van der Waals surface area contributed by atoms with Gasteiger partial charge in [0, 0.05) is 31.5 Å². The second-order valence-electron chi connectivity index (χ2n) is 7.15. The average molecular weight is 304 g/mol. The lowest BCUT2D eigenvalue weighted by molar-refractivity contribution is -0.0182. The van der Waals surface area contributed by atoms with E-state index in [1.807, 2.05) is 45.0 Å². The molecule has 0 radical (unpaired) electrons. The summed E-state index contributed by atoms with van der Waals surface area (Å²) in [5, 5.41) is 0. The zero-order valence-corrected chi connectivity index (χ0v) is 13.5. The van der Waals surface area contributed by atoms with E-state index in [1.165, 1.54) is 0 Å². The van der Waals surface area contributed by atoms with E-state index in [9.17, 15) is 4.79 Å². The Hall–Kier alpha value is -1.75. The van der Waals surface area contributed by atoms with Crippen LogP contribution in [0.5, 0.6) is 5.75 Å². The van der Waals surface area contributed by atoms with Crippen LogP contribution in [0.15, 0.2) is 24.3 Å². The minimum Gasteiger partial charge on any atom is -0.485 e. The van der Waals surface area contributed by atoms with E-state index in [4.69, 9.17) is 15.2 Å². The summed E-state index contributed by atoms with van der Waals surface area (Å²) in [4.78, 5) is 13.9. The highest BCUT2D eigenvalue weighted by Crippen LogP contribution is 2.46. The molecule has 120 valence electrons. The Kier molecular flexibility index (Phi) is 3.56. The molecular weight excluding hydrogens is 280 g/mol. The first-order chi connectivity index (χ1) is 10.3. The fraction of sp³-hybridized carbons (Fsp3) is 0.588. The number of amides is 1. The smallest absolute Gasteiger partial charge is 0.410 e. The van der Waals surface area contributed by atoms with E-state index in [1.54, 1.807) is 4.90 Å². The van der Waals surface area contributed by atoms with Crippen LogP contribution in [0.3, 0.4) is 0 Å². The van der Waals surface area contributed by atoms with Crippen molar-refractivity contribution in [3.8, 4) is 5.75 Å². The Labute approximate surface area is 131 Å². The average Bonchev–Trinajstić information content (AvgIpc) is 2.71. The molecule has 0 aliphatic carbocycles. The number of benzene rings is 1. The van der Waals surface area contributed by atoms with E-state index < -0.39 is 5.60 Å². The van der Waals surface area contributed by atoms with Gasteiger partial charge in [-0.15, -0.1) is 0 Å².